The minimum absolute atomic E-state index is 0.107. The molecule has 0 radical (unpaired) electrons. The predicted molar refractivity (Wildman–Crippen MR) is 126 cm³/mol. The lowest BCUT2D eigenvalue weighted by Gasteiger charge is -2.26. The number of rotatable bonds is 9. The van der Waals surface area contributed by atoms with Crippen LogP contribution in [0.15, 0.2) is 53.4 Å². The first-order valence-electron chi connectivity index (χ1n) is 10.3. The Morgan fingerprint density at radius 3 is 1.91 bits per heavy atom. The van der Waals surface area contributed by atoms with Crippen LogP contribution in [0.25, 0.3) is 0 Å². The van der Waals surface area contributed by atoms with E-state index < -0.39 is 10.0 Å². The predicted octanol–water partition coefficient (Wildman–Crippen LogP) is 2.58. The second-order valence-electron chi connectivity index (χ2n) is 7.18. The van der Waals surface area contributed by atoms with Crippen molar-refractivity contribution in [2.75, 3.05) is 48.4 Å². The van der Waals surface area contributed by atoms with E-state index in [1.54, 1.807) is 12.1 Å². The van der Waals surface area contributed by atoms with Crippen molar-refractivity contribution < 1.29 is 22.7 Å². The second kappa shape index (κ2) is 11.5. The van der Waals surface area contributed by atoms with Crippen molar-refractivity contribution in [2.45, 2.75) is 18.2 Å². The largest absolute Gasteiger partial charge is 0.379 e. The maximum atomic E-state index is 12.6. The zero-order valence-corrected chi connectivity index (χ0v) is 19.5. The average molecular weight is 478 g/mol. The molecule has 172 valence electrons. The molecule has 0 bridgehead atoms. The van der Waals surface area contributed by atoms with Gasteiger partial charge in [-0.3, -0.25) is 9.59 Å². The number of sulfonamides is 1. The zero-order valence-electron chi connectivity index (χ0n) is 17.9. The van der Waals surface area contributed by atoms with Gasteiger partial charge in [-0.2, -0.15) is 4.31 Å². The average Bonchev–Trinajstić information content (AvgIpc) is 2.80. The molecule has 8 nitrogen and oxygen atoms in total. The van der Waals surface area contributed by atoms with Crippen molar-refractivity contribution in [3.8, 4) is 0 Å². The number of anilines is 2. The van der Waals surface area contributed by atoms with Crippen LogP contribution in [-0.4, -0.2) is 62.3 Å². The smallest absolute Gasteiger partial charge is 0.243 e. The SMILES string of the molecule is CCc1ccc(NC(=O)CSCC(=O)Nc2ccc(S(=O)(=O)N3CCOCC3)cc2)cc1. The first kappa shape index (κ1) is 24.2. The van der Waals surface area contributed by atoms with Gasteiger partial charge in [0.25, 0.3) is 0 Å². The van der Waals surface area contributed by atoms with Crippen LogP contribution in [0.4, 0.5) is 11.4 Å². The molecule has 0 spiro atoms. The summed E-state index contributed by atoms with van der Waals surface area (Å²) in [7, 11) is -3.57. The van der Waals surface area contributed by atoms with E-state index in [1.165, 1.54) is 33.8 Å². The van der Waals surface area contributed by atoms with Gasteiger partial charge in [-0.1, -0.05) is 19.1 Å². The molecule has 0 aliphatic carbocycles. The van der Waals surface area contributed by atoms with Gasteiger partial charge < -0.3 is 15.4 Å². The number of ether oxygens (including phenoxy) is 1. The number of morpholine rings is 1. The zero-order chi connectivity index (χ0) is 23.0. The highest BCUT2D eigenvalue weighted by atomic mass is 32.2. The highest BCUT2D eigenvalue weighted by Crippen LogP contribution is 2.19. The Hall–Kier alpha value is -2.40. The van der Waals surface area contributed by atoms with E-state index in [1.807, 2.05) is 24.3 Å². The van der Waals surface area contributed by atoms with Gasteiger partial charge in [-0.05, 0) is 48.4 Å². The summed E-state index contributed by atoms with van der Waals surface area (Å²) in [5, 5.41) is 5.52. The van der Waals surface area contributed by atoms with Gasteiger partial charge in [0.1, 0.15) is 0 Å². The quantitative estimate of drug-likeness (QED) is 0.575. The topological polar surface area (TPSA) is 105 Å². The number of carbonyl (C=O) groups excluding carboxylic acids is 2. The number of hydrogen-bond donors (Lipinski definition) is 2. The van der Waals surface area contributed by atoms with Gasteiger partial charge in [0, 0.05) is 24.5 Å². The molecule has 1 heterocycles. The van der Waals surface area contributed by atoms with Crippen LogP contribution < -0.4 is 10.6 Å². The highest BCUT2D eigenvalue weighted by molar-refractivity contribution is 8.00. The molecule has 10 heteroatoms. The second-order valence-corrected chi connectivity index (χ2v) is 10.1. The highest BCUT2D eigenvalue weighted by Gasteiger charge is 2.26. The number of nitrogens with zero attached hydrogens (tertiary/aromatic N) is 1. The van der Waals surface area contributed by atoms with Crippen molar-refractivity contribution in [3.63, 3.8) is 0 Å². The fourth-order valence-electron chi connectivity index (χ4n) is 3.10. The lowest BCUT2D eigenvalue weighted by molar-refractivity contribution is -0.114. The lowest BCUT2D eigenvalue weighted by Crippen LogP contribution is -2.40. The minimum Gasteiger partial charge on any atom is -0.379 e. The van der Waals surface area contributed by atoms with E-state index in [-0.39, 0.29) is 28.2 Å². The first-order valence-corrected chi connectivity index (χ1v) is 12.9. The fourth-order valence-corrected chi connectivity index (χ4v) is 5.13. The van der Waals surface area contributed by atoms with Crippen LogP contribution in [0.1, 0.15) is 12.5 Å². The molecular formula is C22H27N3O5S2. The van der Waals surface area contributed by atoms with Crippen LogP contribution in [-0.2, 0) is 30.8 Å². The van der Waals surface area contributed by atoms with Crippen molar-refractivity contribution in [1.82, 2.24) is 4.31 Å². The van der Waals surface area contributed by atoms with E-state index >= 15 is 0 Å². The number of amides is 2. The molecule has 3 rings (SSSR count). The lowest BCUT2D eigenvalue weighted by atomic mass is 10.1. The monoisotopic (exact) mass is 477 g/mol. The summed E-state index contributed by atoms with van der Waals surface area (Å²) in [6, 6.07) is 13.7. The van der Waals surface area contributed by atoms with Crippen LogP contribution >= 0.6 is 11.8 Å². The van der Waals surface area contributed by atoms with E-state index in [2.05, 4.69) is 17.6 Å². The third-order valence-electron chi connectivity index (χ3n) is 4.86. The van der Waals surface area contributed by atoms with Crippen molar-refractivity contribution >= 4 is 45.0 Å². The summed E-state index contributed by atoms with van der Waals surface area (Å²) in [6.45, 7) is 3.49. The van der Waals surface area contributed by atoms with E-state index in [4.69, 9.17) is 4.74 Å². The van der Waals surface area contributed by atoms with Gasteiger partial charge in [0.05, 0.1) is 29.6 Å². The molecule has 0 unspecified atom stereocenters. The Morgan fingerprint density at radius 1 is 0.906 bits per heavy atom. The summed E-state index contributed by atoms with van der Waals surface area (Å²) in [4.78, 5) is 24.4. The Kier molecular flexibility index (Phi) is 8.68. The Labute approximate surface area is 192 Å². The molecule has 0 aromatic heterocycles. The number of thioether (sulfide) groups is 1. The maximum absolute atomic E-state index is 12.6. The van der Waals surface area contributed by atoms with Crippen LogP contribution in [0.2, 0.25) is 0 Å². The maximum Gasteiger partial charge on any atom is 0.243 e. The van der Waals surface area contributed by atoms with Gasteiger partial charge >= 0.3 is 0 Å². The standard InChI is InChI=1S/C22H27N3O5S2/c1-2-17-3-5-18(6-4-17)23-21(26)15-31-16-22(27)24-19-7-9-20(10-8-19)32(28,29)25-11-13-30-14-12-25/h3-10H,2,11-16H2,1H3,(H,23,26)(H,24,27). The number of aryl methyl sites for hydroxylation is 1. The minimum atomic E-state index is -3.57. The molecule has 1 aliphatic heterocycles. The van der Waals surface area contributed by atoms with Gasteiger partial charge in [-0.15, -0.1) is 11.8 Å². The molecule has 2 amide bonds. The summed E-state index contributed by atoms with van der Waals surface area (Å²) in [5.74, 6) is -0.181. The first-order chi connectivity index (χ1) is 15.4. The summed E-state index contributed by atoms with van der Waals surface area (Å²) in [6.07, 6.45) is 0.936. The van der Waals surface area contributed by atoms with E-state index in [0.717, 1.165) is 12.1 Å². The molecular weight excluding hydrogens is 450 g/mol. The summed E-state index contributed by atoms with van der Waals surface area (Å²) >= 11 is 1.20. The normalized spacial score (nSPS) is 14.7. The van der Waals surface area contributed by atoms with Gasteiger partial charge in [0.15, 0.2) is 0 Å². The summed E-state index contributed by atoms with van der Waals surface area (Å²) < 4.78 is 31.9. The van der Waals surface area contributed by atoms with Crippen LogP contribution in [0.5, 0.6) is 0 Å². The van der Waals surface area contributed by atoms with Crippen molar-refractivity contribution in [1.29, 1.82) is 0 Å². The van der Waals surface area contributed by atoms with Crippen LogP contribution in [0.3, 0.4) is 0 Å². The van der Waals surface area contributed by atoms with E-state index in [0.29, 0.717) is 32.0 Å². The number of hydrogen-bond acceptors (Lipinski definition) is 6. The Balaban J connectivity index is 1.43. The molecule has 0 saturated carbocycles. The molecule has 2 aromatic carbocycles. The van der Waals surface area contributed by atoms with E-state index in [9.17, 15) is 18.0 Å². The van der Waals surface area contributed by atoms with Gasteiger partial charge in [-0.25, -0.2) is 8.42 Å². The number of nitrogens with one attached hydrogen (secondary N) is 2. The molecule has 1 aliphatic rings. The van der Waals surface area contributed by atoms with Crippen LogP contribution in [0, 0.1) is 0 Å². The molecule has 2 aromatic rings. The Bertz CT molecular complexity index is 1020. The van der Waals surface area contributed by atoms with Gasteiger partial charge in [0.2, 0.25) is 21.8 Å². The third kappa shape index (κ3) is 6.80. The summed E-state index contributed by atoms with van der Waals surface area (Å²) in [5.41, 5.74) is 2.42. The molecule has 1 saturated heterocycles. The molecule has 0 atom stereocenters. The van der Waals surface area contributed by atoms with Crippen molar-refractivity contribution in [2.24, 2.45) is 0 Å². The third-order valence-corrected chi connectivity index (χ3v) is 7.70. The molecule has 1 fully saturated rings. The fraction of sp³-hybridized carbons (Fsp3) is 0.364. The molecule has 2 N–H and O–H groups in total. The number of carbonyl (C=O) groups is 2. The number of benzene rings is 2. The molecule has 32 heavy (non-hydrogen) atoms. The van der Waals surface area contributed by atoms with Crippen molar-refractivity contribution in [3.05, 3.63) is 54.1 Å². The Morgan fingerprint density at radius 2 is 1.41 bits per heavy atom.